The smallest absolute Gasteiger partial charge is 0.125 e. The Kier molecular flexibility index (Phi) is 2.98. The lowest BCUT2D eigenvalue weighted by atomic mass is 10.1. The maximum atomic E-state index is 10.1. The van der Waals surface area contributed by atoms with Gasteiger partial charge in [-0.15, -0.1) is 0 Å². The van der Waals surface area contributed by atoms with Crippen LogP contribution < -0.4 is 5.73 Å². The molecule has 0 fully saturated rings. The third kappa shape index (κ3) is 2.10. The number of anilines is 1. The van der Waals surface area contributed by atoms with Crippen LogP contribution in [0.15, 0.2) is 34.9 Å². The molecule has 16 heavy (non-hydrogen) atoms. The van der Waals surface area contributed by atoms with Crippen molar-refractivity contribution in [3.63, 3.8) is 0 Å². The summed E-state index contributed by atoms with van der Waals surface area (Å²) in [6, 6.07) is 7.16. The average molecular weight is 282 g/mol. The van der Waals surface area contributed by atoms with Gasteiger partial charge in [0, 0.05) is 29.0 Å². The summed E-state index contributed by atoms with van der Waals surface area (Å²) < 4.78 is 2.53. The molecule has 0 saturated carbocycles. The summed E-state index contributed by atoms with van der Waals surface area (Å²) in [4.78, 5) is 0. The Balaban J connectivity index is 2.40. The Labute approximate surface area is 102 Å². The number of nitrogens with two attached hydrogens (primary N) is 1. The minimum absolute atomic E-state index is 0.557. The number of aromatic nitrogens is 2. The highest BCUT2D eigenvalue weighted by atomic mass is 79.9. The Morgan fingerprint density at radius 3 is 2.81 bits per heavy atom. The van der Waals surface area contributed by atoms with Crippen LogP contribution in [0.3, 0.4) is 0 Å². The van der Waals surface area contributed by atoms with Gasteiger partial charge in [-0.2, -0.15) is 5.10 Å². The molecular weight excluding hydrogens is 270 g/mol. The summed E-state index contributed by atoms with van der Waals surface area (Å²) in [6.45, 7) is 0. The summed E-state index contributed by atoms with van der Waals surface area (Å²) in [5.41, 5.74) is 7.63. The van der Waals surface area contributed by atoms with E-state index in [1.54, 1.807) is 36.1 Å². The highest BCUT2D eigenvalue weighted by molar-refractivity contribution is 9.10. The van der Waals surface area contributed by atoms with Gasteiger partial charge in [0.15, 0.2) is 0 Å². The van der Waals surface area contributed by atoms with Crippen LogP contribution in [0, 0.1) is 0 Å². The molecule has 2 rings (SSSR count). The first kappa shape index (κ1) is 11.2. The first-order valence-electron chi connectivity index (χ1n) is 4.80. The van der Waals surface area contributed by atoms with E-state index in [2.05, 4.69) is 21.0 Å². The number of aliphatic hydroxyl groups excluding tert-OH is 1. The number of aryl methyl sites for hydroxylation is 1. The molecule has 0 amide bonds. The Bertz CT molecular complexity index is 510. The molecule has 1 aromatic heterocycles. The average Bonchev–Trinajstić information content (AvgIpc) is 2.67. The van der Waals surface area contributed by atoms with Crippen molar-refractivity contribution in [3.05, 3.63) is 46.2 Å². The van der Waals surface area contributed by atoms with Gasteiger partial charge >= 0.3 is 0 Å². The van der Waals surface area contributed by atoms with E-state index in [-0.39, 0.29) is 0 Å². The standard InChI is InChI=1S/C11H12BrN3O/c1-15-5-4-10(14-15)11(16)8-6-7(12)2-3-9(8)13/h2-6,11,16H,13H2,1H3. The summed E-state index contributed by atoms with van der Waals surface area (Å²) in [6.07, 6.45) is 0.992. The lowest BCUT2D eigenvalue weighted by Gasteiger charge is -2.11. The van der Waals surface area contributed by atoms with Crippen LogP contribution in [0.2, 0.25) is 0 Å². The van der Waals surface area contributed by atoms with Crippen molar-refractivity contribution in [1.29, 1.82) is 0 Å². The third-order valence-electron chi connectivity index (χ3n) is 2.36. The molecule has 0 aliphatic carbocycles. The van der Waals surface area contributed by atoms with Crippen LogP contribution in [-0.4, -0.2) is 14.9 Å². The Hall–Kier alpha value is -1.33. The second-order valence-electron chi connectivity index (χ2n) is 3.59. The second kappa shape index (κ2) is 4.27. The number of hydrogen-bond donors (Lipinski definition) is 2. The van der Waals surface area contributed by atoms with Gasteiger partial charge in [0.25, 0.3) is 0 Å². The van der Waals surface area contributed by atoms with Crippen LogP contribution in [0.4, 0.5) is 5.69 Å². The summed E-state index contributed by atoms with van der Waals surface area (Å²) >= 11 is 3.35. The molecule has 2 aromatic rings. The first-order valence-corrected chi connectivity index (χ1v) is 5.60. The van der Waals surface area contributed by atoms with Crippen molar-refractivity contribution in [2.24, 2.45) is 7.05 Å². The number of halogens is 1. The molecule has 0 aliphatic rings. The molecule has 0 bridgehead atoms. The maximum Gasteiger partial charge on any atom is 0.125 e. The fourth-order valence-electron chi connectivity index (χ4n) is 1.52. The third-order valence-corrected chi connectivity index (χ3v) is 2.85. The van der Waals surface area contributed by atoms with E-state index in [9.17, 15) is 5.11 Å². The fraction of sp³-hybridized carbons (Fsp3) is 0.182. The predicted molar refractivity (Wildman–Crippen MR) is 65.8 cm³/mol. The van der Waals surface area contributed by atoms with Crippen molar-refractivity contribution in [2.45, 2.75) is 6.10 Å². The molecule has 3 N–H and O–H groups in total. The number of benzene rings is 1. The van der Waals surface area contributed by atoms with E-state index in [1.165, 1.54) is 0 Å². The van der Waals surface area contributed by atoms with Crippen molar-refractivity contribution < 1.29 is 5.11 Å². The van der Waals surface area contributed by atoms with E-state index >= 15 is 0 Å². The van der Waals surface area contributed by atoms with E-state index in [4.69, 9.17) is 5.73 Å². The number of nitrogen functional groups attached to an aromatic ring is 1. The minimum Gasteiger partial charge on any atom is -0.398 e. The number of aliphatic hydroxyl groups is 1. The molecule has 0 saturated heterocycles. The summed E-state index contributed by atoms with van der Waals surface area (Å²) in [5, 5.41) is 14.3. The lowest BCUT2D eigenvalue weighted by Crippen LogP contribution is -2.05. The summed E-state index contributed by atoms with van der Waals surface area (Å²) in [5.74, 6) is 0. The zero-order chi connectivity index (χ0) is 11.7. The number of nitrogens with zero attached hydrogens (tertiary/aromatic N) is 2. The molecule has 4 nitrogen and oxygen atoms in total. The minimum atomic E-state index is -0.793. The van der Waals surface area contributed by atoms with E-state index < -0.39 is 6.10 Å². The van der Waals surface area contributed by atoms with Gasteiger partial charge in [-0.25, -0.2) is 0 Å². The quantitative estimate of drug-likeness (QED) is 0.826. The van der Waals surface area contributed by atoms with Crippen molar-refractivity contribution in [1.82, 2.24) is 9.78 Å². The van der Waals surface area contributed by atoms with Gasteiger partial charge < -0.3 is 10.8 Å². The fourth-order valence-corrected chi connectivity index (χ4v) is 1.90. The number of rotatable bonds is 2. The van der Waals surface area contributed by atoms with Gasteiger partial charge in [-0.1, -0.05) is 15.9 Å². The molecule has 84 valence electrons. The van der Waals surface area contributed by atoms with Crippen LogP contribution >= 0.6 is 15.9 Å². The normalized spacial score (nSPS) is 12.7. The van der Waals surface area contributed by atoms with E-state index in [1.807, 2.05) is 6.07 Å². The monoisotopic (exact) mass is 281 g/mol. The molecule has 5 heteroatoms. The van der Waals surface area contributed by atoms with Crippen LogP contribution in [0.25, 0.3) is 0 Å². The van der Waals surface area contributed by atoms with Crippen molar-refractivity contribution in [3.8, 4) is 0 Å². The van der Waals surface area contributed by atoms with Crippen molar-refractivity contribution in [2.75, 3.05) is 5.73 Å². The van der Waals surface area contributed by atoms with Crippen LogP contribution in [-0.2, 0) is 7.05 Å². The first-order chi connectivity index (χ1) is 7.58. The van der Waals surface area contributed by atoms with Crippen molar-refractivity contribution >= 4 is 21.6 Å². The Morgan fingerprint density at radius 1 is 1.44 bits per heavy atom. The summed E-state index contributed by atoms with van der Waals surface area (Å²) in [7, 11) is 1.81. The molecule has 1 heterocycles. The molecular formula is C11H12BrN3O. The van der Waals surface area contributed by atoms with Crippen LogP contribution in [0.1, 0.15) is 17.4 Å². The van der Waals surface area contributed by atoms with Gasteiger partial charge in [0.2, 0.25) is 0 Å². The molecule has 1 aromatic carbocycles. The highest BCUT2D eigenvalue weighted by Crippen LogP contribution is 2.28. The molecule has 0 aliphatic heterocycles. The molecule has 0 radical (unpaired) electrons. The number of hydrogen-bond acceptors (Lipinski definition) is 3. The SMILES string of the molecule is Cn1ccc(C(O)c2cc(Br)ccc2N)n1. The molecule has 1 unspecified atom stereocenters. The second-order valence-corrected chi connectivity index (χ2v) is 4.51. The van der Waals surface area contributed by atoms with Gasteiger partial charge in [-0.05, 0) is 24.3 Å². The van der Waals surface area contributed by atoms with Gasteiger partial charge in [0.05, 0.1) is 5.69 Å². The Morgan fingerprint density at radius 2 is 2.19 bits per heavy atom. The van der Waals surface area contributed by atoms with Crippen LogP contribution in [0.5, 0.6) is 0 Å². The lowest BCUT2D eigenvalue weighted by molar-refractivity contribution is 0.215. The zero-order valence-electron chi connectivity index (χ0n) is 8.76. The molecule has 0 spiro atoms. The highest BCUT2D eigenvalue weighted by Gasteiger charge is 2.16. The van der Waals surface area contributed by atoms with E-state index in [0.29, 0.717) is 16.9 Å². The van der Waals surface area contributed by atoms with Gasteiger partial charge in [0.1, 0.15) is 6.10 Å². The predicted octanol–water partition coefficient (Wildman–Crippen LogP) is 1.85. The largest absolute Gasteiger partial charge is 0.398 e. The topological polar surface area (TPSA) is 64.1 Å². The molecule has 1 atom stereocenters. The van der Waals surface area contributed by atoms with Gasteiger partial charge in [-0.3, -0.25) is 4.68 Å². The maximum absolute atomic E-state index is 10.1. The van der Waals surface area contributed by atoms with E-state index in [0.717, 1.165) is 4.47 Å². The zero-order valence-corrected chi connectivity index (χ0v) is 10.3.